The summed E-state index contributed by atoms with van der Waals surface area (Å²) in [5, 5.41) is 10.8. The van der Waals surface area contributed by atoms with Crippen LogP contribution in [-0.2, 0) is 4.79 Å². The summed E-state index contributed by atoms with van der Waals surface area (Å²) < 4.78 is 0. The van der Waals surface area contributed by atoms with E-state index in [1.54, 1.807) is 6.92 Å². The Labute approximate surface area is 60.4 Å². The number of nitrogens with one attached hydrogen (secondary N) is 1. The summed E-state index contributed by atoms with van der Waals surface area (Å²) >= 11 is 0. The molecule has 4 N–H and O–H groups in total. The molecule has 4 nitrogen and oxygen atoms in total. The molecule has 60 valence electrons. The van der Waals surface area contributed by atoms with Gasteiger partial charge in [-0.25, -0.2) is 0 Å². The fourth-order valence-electron chi connectivity index (χ4n) is 0.460. The van der Waals surface area contributed by atoms with E-state index < -0.39 is 0 Å². The highest BCUT2D eigenvalue weighted by Crippen LogP contribution is 1.88. The van der Waals surface area contributed by atoms with Crippen LogP contribution in [0.25, 0.3) is 0 Å². The summed E-state index contributed by atoms with van der Waals surface area (Å²) in [6.45, 7) is 2.37. The van der Waals surface area contributed by atoms with E-state index in [0.29, 0.717) is 13.1 Å². The molecule has 0 heterocycles. The average molecular weight is 146 g/mol. The maximum Gasteiger partial charge on any atom is 0.224 e. The highest BCUT2D eigenvalue weighted by molar-refractivity contribution is 5.78. The minimum Gasteiger partial charge on any atom is -0.395 e. The topological polar surface area (TPSA) is 75.4 Å². The number of rotatable bonds is 4. The van der Waals surface area contributed by atoms with Gasteiger partial charge in [0.25, 0.3) is 0 Å². The molecule has 10 heavy (non-hydrogen) atoms. The number of carbonyl (C=O) groups is 1. The van der Waals surface area contributed by atoms with Gasteiger partial charge < -0.3 is 16.2 Å². The van der Waals surface area contributed by atoms with E-state index in [4.69, 9.17) is 10.8 Å². The van der Waals surface area contributed by atoms with Crippen molar-refractivity contribution in [2.75, 3.05) is 19.7 Å². The van der Waals surface area contributed by atoms with E-state index in [2.05, 4.69) is 5.32 Å². The monoisotopic (exact) mass is 146 g/mol. The molecule has 0 aromatic rings. The van der Waals surface area contributed by atoms with Crippen molar-refractivity contribution in [3.05, 3.63) is 0 Å². The second-order valence-corrected chi connectivity index (χ2v) is 2.15. The van der Waals surface area contributed by atoms with Crippen LogP contribution in [0.4, 0.5) is 0 Å². The molecule has 1 unspecified atom stereocenters. The van der Waals surface area contributed by atoms with Gasteiger partial charge >= 0.3 is 0 Å². The molecular weight excluding hydrogens is 132 g/mol. The average Bonchev–Trinajstić information content (AvgIpc) is 1.98. The second kappa shape index (κ2) is 5.20. The molecule has 0 rings (SSSR count). The molecular formula is C6H14N2O2. The van der Waals surface area contributed by atoms with Crippen LogP contribution in [0.5, 0.6) is 0 Å². The van der Waals surface area contributed by atoms with Crippen LogP contribution in [0, 0.1) is 5.92 Å². The molecule has 0 saturated heterocycles. The highest BCUT2D eigenvalue weighted by Gasteiger charge is 2.08. The zero-order valence-corrected chi connectivity index (χ0v) is 6.13. The van der Waals surface area contributed by atoms with Gasteiger partial charge in [0.1, 0.15) is 0 Å². The predicted octanol–water partition coefficient (Wildman–Crippen LogP) is -1.31. The third-order valence-electron chi connectivity index (χ3n) is 1.21. The van der Waals surface area contributed by atoms with Crippen LogP contribution in [0.3, 0.4) is 0 Å². The Balaban J connectivity index is 3.42. The van der Waals surface area contributed by atoms with E-state index in [9.17, 15) is 4.79 Å². The molecule has 0 radical (unpaired) electrons. The van der Waals surface area contributed by atoms with Crippen molar-refractivity contribution in [1.29, 1.82) is 0 Å². The highest BCUT2D eigenvalue weighted by atomic mass is 16.3. The first-order valence-electron chi connectivity index (χ1n) is 3.31. The van der Waals surface area contributed by atoms with E-state index >= 15 is 0 Å². The zero-order valence-electron chi connectivity index (χ0n) is 6.13. The van der Waals surface area contributed by atoms with Crippen molar-refractivity contribution in [2.24, 2.45) is 11.7 Å². The molecule has 0 aromatic carbocycles. The lowest BCUT2D eigenvalue weighted by Crippen LogP contribution is -2.34. The molecule has 0 saturated carbocycles. The van der Waals surface area contributed by atoms with Crippen LogP contribution < -0.4 is 11.1 Å². The minimum absolute atomic E-state index is 0.0248. The predicted molar refractivity (Wildman–Crippen MR) is 38.3 cm³/mol. The van der Waals surface area contributed by atoms with E-state index in [1.165, 1.54) is 0 Å². The molecule has 0 spiro atoms. The van der Waals surface area contributed by atoms with Crippen molar-refractivity contribution < 1.29 is 9.90 Å². The van der Waals surface area contributed by atoms with Crippen LogP contribution in [0.1, 0.15) is 6.92 Å². The fourth-order valence-corrected chi connectivity index (χ4v) is 0.460. The summed E-state index contributed by atoms with van der Waals surface area (Å²) in [5.41, 5.74) is 5.22. The summed E-state index contributed by atoms with van der Waals surface area (Å²) in [4.78, 5) is 10.8. The van der Waals surface area contributed by atoms with Gasteiger partial charge in [0.05, 0.1) is 6.61 Å². The molecule has 0 aliphatic heterocycles. The molecule has 0 aliphatic rings. The number of aliphatic hydroxyl groups is 1. The molecule has 0 bridgehead atoms. The van der Waals surface area contributed by atoms with Gasteiger partial charge in [-0.3, -0.25) is 4.79 Å². The van der Waals surface area contributed by atoms with Crippen molar-refractivity contribution in [3.63, 3.8) is 0 Å². The van der Waals surface area contributed by atoms with Crippen molar-refractivity contribution in [1.82, 2.24) is 5.32 Å². The standard InChI is InChI=1S/C6H14N2O2/c1-5(4-7)6(10)8-2-3-9/h5,9H,2-4,7H2,1H3,(H,8,10). The Morgan fingerprint density at radius 3 is 2.80 bits per heavy atom. The number of hydrogen-bond acceptors (Lipinski definition) is 3. The Kier molecular flexibility index (Phi) is 4.88. The number of hydrogen-bond donors (Lipinski definition) is 3. The van der Waals surface area contributed by atoms with E-state index in [0.717, 1.165) is 0 Å². The van der Waals surface area contributed by atoms with Gasteiger partial charge in [-0.05, 0) is 0 Å². The Hall–Kier alpha value is -0.610. The summed E-state index contributed by atoms with van der Waals surface area (Å²) in [6.07, 6.45) is 0. The lowest BCUT2D eigenvalue weighted by molar-refractivity contribution is -0.124. The zero-order chi connectivity index (χ0) is 7.98. The Morgan fingerprint density at radius 2 is 2.40 bits per heavy atom. The first kappa shape index (κ1) is 9.39. The smallest absolute Gasteiger partial charge is 0.224 e. The van der Waals surface area contributed by atoms with Crippen molar-refractivity contribution in [2.45, 2.75) is 6.92 Å². The molecule has 1 amide bonds. The number of nitrogens with two attached hydrogens (primary N) is 1. The third kappa shape index (κ3) is 3.42. The van der Waals surface area contributed by atoms with E-state index in [1.807, 2.05) is 0 Å². The molecule has 0 aromatic heterocycles. The SMILES string of the molecule is CC(CN)C(=O)NCCO. The quantitative estimate of drug-likeness (QED) is 0.461. The van der Waals surface area contributed by atoms with Crippen LogP contribution >= 0.6 is 0 Å². The second-order valence-electron chi connectivity index (χ2n) is 2.15. The number of carbonyl (C=O) groups excluding carboxylic acids is 1. The van der Waals surface area contributed by atoms with Gasteiger partial charge in [0.15, 0.2) is 0 Å². The van der Waals surface area contributed by atoms with Gasteiger partial charge in [0, 0.05) is 19.0 Å². The summed E-state index contributed by atoms with van der Waals surface area (Å²) in [5.74, 6) is -0.261. The third-order valence-corrected chi connectivity index (χ3v) is 1.21. The Morgan fingerprint density at radius 1 is 1.80 bits per heavy atom. The molecule has 4 heteroatoms. The largest absolute Gasteiger partial charge is 0.395 e. The lowest BCUT2D eigenvalue weighted by Gasteiger charge is -2.07. The van der Waals surface area contributed by atoms with E-state index in [-0.39, 0.29) is 18.4 Å². The van der Waals surface area contributed by atoms with Gasteiger partial charge in [-0.2, -0.15) is 0 Å². The van der Waals surface area contributed by atoms with Crippen LogP contribution in [-0.4, -0.2) is 30.7 Å². The van der Waals surface area contributed by atoms with Crippen LogP contribution in [0.15, 0.2) is 0 Å². The maximum absolute atomic E-state index is 10.8. The van der Waals surface area contributed by atoms with Crippen molar-refractivity contribution in [3.8, 4) is 0 Å². The normalized spacial score (nSPS) is 12.7. The summed E-state index contributed by atoms with van der Waals surface area (Å²) in [6, 6.07) is 0. The van der Waals surface area contributed by atoms with Gasteiger partial charge in [0.2, 0.25) is 5.91 Å². The molecule has 0 aliphatic carbocycles. The first-order chi connectivity index (χ1) is 4.72. The van der Waals surface area contributed by atoms with Gasteiger partial charge in [-0.1, -0.05) is 6.92 Å². The molecule has 1 atom stereocenters. The minimum atomic E-state index is -0.161. The maximum atomic E-state index is 10.8. The van der Waals surface area contributed by atoms with Crippen LogP contribution in [0.2, 0.25) is 0 Å². The fraction of sp³-hybridized carbons (Fsp3) is 0.833. The van der Waals surface area contributed by atoms with Crippen molar-refractivity contribution >= 4 is 5.91 Å². The number of amides is 1. The first-order valence-corrected chi connectivity index (χ1v) is 3.31. The molecule has 0 fully saturated rings. The lowest BCUT2D eigenvalue weighted by atomic mass is 10.2. The number of aliphatic hydroxyl groups excluding tert-OH is 1. The van der Waals surface area contributed by atoms with Gasteiger partial charge in [-0.15, -0.1) is 0 Å². The summed E-state index contributed by atoms with van der Waals surface area (Å²) in [7, 11) is 0. The Bertz CT molecular complexity index is 106.